The Hall–Kier alpha value is -3.06. The molecule has 0 spiro atoms. The van der Waals surface area contributed by atoms with Crippen molar-refractivity contribution in [3.63, 3.8) is 0 Å². The molecule has 2 aromatic carbocycles. The van der Waals surface area contributed by atoms with Crippen molar-refractivity contribution in [1.29, 1.82) is 0 Å². The maximum Gasteiger partial charge on any atom is 0.258 e. The molecule has 2 heterocycles. The average molecular weight is 409 g/mol. The van der Waals surface area contributed by atoms with Gasteiger partial charge in [0, 0.05) is 18.2 Å². The second kappa shape index (κ2) is 9.63. The highest BCUT2D eigenvalue weighted by Gasteiger charge is 2.15. The molecule has 0 atom stereocenters. The van der Waals surface area contributed by atoms with Gasteiger partial charge in [0.1, 0.15) is 23.9 Å². The molecule has 7 nitrogen and oxygen atoms in total. The Labute approximate surface area is 176 Å². The van der Waals surface area contributed by atoms with Crippen LogP contribution in [0.3, 0.4) is 0 Å². The van der Waals surface area contributed by atoms with Gasteiger partial charge in [-0.1, -0.05) is 11.6 Å². The molecule has 0 N–H and O–H groups in total. The van der Waals surface area contributed by atoms with Gasteiger partial charge in [0.25, 0.3) is 5.89 Å². The SMILES string of the molecule is COc1ccc(-c2noc(-c3ccc(OCCN4CCCCC4)cc3)n2)c(OC)c1. The molecular formula is C23H27N3O4. The molecule has 1 aliphatic rings. The maximum atomic E-state index is 5.89. The first-order chi connectivity index (χ1) is 14.8. The van der Waals surface area contributed by atoms with E-state index in [2.05, 4.69) is 15.0 Å². The number of aromatic nitrogens is 2. The Morgan fingerprint density at radius 3 is 2.43 bits per heavy atom. The molecule has 0 radical (unpaired) electrons. The van der Waals surface area contributed by atoms with Gasteiger partial charge in [-0.05, 0) is 62.3 Å². The van der Waals surface area contributed by atoms with Crippen LogP contribution >= 0.6 is 0 Å². The summed E-state index contributed by atoms with van der Waals surface area (Å²) in [5, 5.41) is 4.11. The van der Waals surface area contributed by atoms with Crippen molar-refractivity contribution in [3.05, 3.63) is 42.5 Å². The number of likely N-dealkylation sites (tertiary alicyclic amines) is 1. The van der Waals surface area contributed by atoms with Crippen molar-refractivity contribution in [2.45, 2.75) is 19.3 Å². The van der Waals surface area contributed by atoms with E-state index >= 15 is 0 Å². The van der Waals surface area contributed by atoms with E-state index in [0.29, 0.717) is 29.8 Å². The molecule has 1 saturated heterocycles. The predicted octanol–water partition coefficient (Wildman–Crippen LogP) is 4.29. The van der Waals surface area contributed by atoms with Crippen LogP contribution < -0.4 is 14.2 Å². The number of hydrogen-bond acceptors (Lipinski definition) is 7. The second-order valence-electron chi connectivity index (χ2n) is 7.26. The first-order valence-corrected chi connectivity index (χ1v) is 10.3. The topological polar surface area (TPSA) is 69.9 Å². The monoisotopic (exact) mass is 409 g/mol. The number of ether oxygens (including phenoxy) is 3. The number of rotatable bonds is 8. The van der Waals surface area contributed by atoms with E-state index in [1.807, 2.05) is 36.4 Å². The van der Waals surface area contributed by atoms with Gasteiger partial charge in [-0.15, -0.1) is 0 Å². The van der Waals surface area contributed by atoms with Gasteiger partial charge in [0.05, 0.1) is 19.8 Å². The summed E-state index contributed by atoms with van der Waals surface area (Å²) in [5.41, 5.74) is 1.58. The Balaban J connectivity index is 1.40. The molecule has 0 unspecified atom stereocenters. The Bertz CT molecular complexity index is 949. The van der Waals surface area contributed by atoms with Crippen molar-refractivity contribution in [2.24, 2.45) is 0 Å². The molecule has 0 saturated carbocycles. The van der Waals surface area contributed by atoms with Gasteiger partial charge >= 0.3 is 0 Å². The summed E-state index contributed by atoms with van der Waals surface area (Å²) in [6.45, 7) is 4.03. The van der Waals surface area contributed by atoms with Crippen LogP contribution in [0.15, 0.2) is 47.0 Å². The fourth-order valence-electron chi connectivity index (χ4n) is 3.60. The summed E-state index contributed by atoms with van der Waals surface area (Å²) in [5.74, 6) is 3.08. The minimum absolute atomic E-state index is 0.447. The summed E-state index contributed by atoms with van der Waals surface area (Å²) >= 11 is 0. The van der Waals surface area contributed by atoms with Crippen LogP contribution in [-0.2, 0) is 0 Å². The number of hydrogen-bond donors (Lipinski definition) is 0. The van der Waals surface area contributed by atoms with Gasteiger partial charge in [0.15, 0.2) is 0 Å². The molecule has 0 amide bonds. The van der Waals surface area contributed by atoms with Crippen molar-refractivity contribution in [3.8, 4) is 40.1 Å². The summed E-state index contributed by atoms with van der Waals surface area (Å²) in [6.07, 6.45) is 3.94. The van der Waals surface area contributed by atoms with Crippen molar-refractivity contribution in [2.75, 3.05) is 40.5 Å². The molecule has 3 aromatic rings. The summed E-state index contributed by atoms with van der Waals surface area (Å²) in [4.78, 5) is 6.99. The zero-order valence-electron chi connectivity index (χ0n) is 17.5. The highest BCUT2D eigenvalue weighted by atomic mass is 16.5. The summed E-state index contributed by atoms with van der Waals surface area (Å²) in [7, 11) is 3.21. The molecule has 30 heavy (non-hydrogen) atoms. The largest absolute Gasteiger partial charge is 0.497 e. The molecular weight excluding hydrogens is 382 g/mol. The van der Waals surface area contributed by atoms with E-state index in [1.165, 1.54) is 32.4 Å². The van der Waals surface area contributed by atoms with Crippen LogP contribution in [0.25, 0.3) is 22.8 Å². The Kier molecular flexibility index (Phi) is 6.49. The normalized spacial score (nSPS) is 14.5. The molecule has 0 bridgehead atoms. The van der Waals surface area contributed by atoms with E-state index < -0.39 is 0 Å². The van der Waals surface area contributed by atoms with Gasteiger partial charge in [-0.2, -0.15) is 4.98 Å². The molecule has 158 valence electrons. The molecule has 0 aliphatic carbocycles. The lowest BCUT2D eigenvalue weighted by Gasteiger charge is -2.26. The third-order valence-corrected chi connectivity index (χ3v) is 5.30. The van der Waals surface area contributed by atoms with Crippen LogP contribution in [0.5, 0.6) is 17.2 Å². The zero-order valence-corrected chi connectivity index (χ0v) is 17.5. The quantitative estimate of drug-likeness (QED) is 0.550. The Morgan fingerprint density at radius 2 is 1.70 bits per heavy atom. The number of methoxy groups -OCH3 is 2. The van der Waals surface area contributed by atoms with E-state index in [1.54, 1.807) is 20.3 Å². The van der Waals surface area contributed by atoms with E-state index in [9.17, 15) is 0 Å². The first-order valence-electron chi connectivity index (χ1n) is 10.3. The fraction of sp³-hybridized carbons (Fsp3) is 0.391. The summed E-state index contributed by atoms with van der Waals surface area (Å²) in [6, 6.07) is 13.2. The zero-order chi connectivity index (χ0) is 20.8. The van der Waals surface area contributed by atoms with E-state index in [4.69, 9.17) is 18.7 Å². The van der Waals surface area contributed by atoms with Gasteiger partial charge in [0.2, 0.25) is 5.82 Å². The van der Waals surface area contributed by atoms with E-state index in [0.717, 1.165) is 23.4 Å². The minimum atomic E-state index is 0.447. The van der Waals surface area contributed by atoms with Crippen molar-refractivity contribution >= 4 is 0 Å². The lowest BCUT2D eigenvalue weighted by Crippen LogP contribution is -2.33. The molecule has 1 aliphatic heterocycles. The third-order valence-electron chi connectivity index (χ3n) is 5.30. The minimum Gasteiger partial charge on any atom is -0.497 e. The predicted molar refractivity (Wildman–Crippen MR) is 114 cm³/mol. The maximum absolute atomic E-state index is 5.89. The second-order valence-corrected chi connectivity index (χ2v) is 7.26. The van der Waals surface area contributed by atoms with Crippen LogP contribution in [0.4, 0.5) is 0 Å². The van der Waals surface area contributed by atoms with E-state index in [-0.39, 0.29) is 0 Å². The van der Waals surface area contributed by atoms with Crippen LogP contribution in [0, 0.1) is 0 Å². The third kappa shape index (κ3) is 4.74. The number of nitrogens with zero attached hydrogens (tertiary/aromatic N) is 3. The van der Waals surface area contributed by atoms with Crippen LogP contribution in [0.1, 0.15) is 19.3 Å². The standard InChI is InChI=1S/C23H27N3O4/c1-27-19-10-11-20(21(16-19)28-2)22-24-23(30-25-22)17-6-8-18(9-7-17)29-15-14-26-12-4-3-5-13-26/h6-11,16H,3-5,12-15H2,1-2H3. The van der Waals surface area contributed by atoms with Crippen molar-refractivity contribution < 1.29 is 18.7 Å². The van der Waals surface area contributed by atoms with Gasteiger partial charge < -0.3 is 18.7 Å². The average Bonchev–Trinajstić information content (AvgIpc) is 3.30. The first kappa shape index (κ1) is 20.2. The summed E-state index contributed by atoms with van der Waals surface area (Å²) < 4.78 is 22.0. The highest BCUT2D eigenvalue weighted by Crippen LogP contribution is 2.33. The molecule has 7 heteroatoms. The molecule has 4 rings (SSSR count). The highest BCUT2D eigenvalue weighted by molar-refractivity contribution is 5.67. The molecule has 1 fully saturated rings. The Morgan fingerprint density at radius 1 is 0.933 bits per heavy atom. The lowest BCUT2D eigenvalue weighted by atomic mass is 10.1. The van der Waals surface area contributed by atoms with Crippen LogP contribution in [-0.4, -0.2) is 55.5 Å². The fourth-order valence-corrected chi connectivity index (χ4v) is 3.60. The lowest BCUT2D eigenvalue weighted by molar-refractivity contribution is 0.183. The number of benzene rings is 2. The molecule has 1 aromatic heterocycles. The van der Waals surface area contributed by atoms with Gasteiger partial charge in [-0.3, -0.25) is 4.90 Å². The smallest absolute Gasteiger partial charge is 0.258 e. The van der Waals surface area contributed by atoms with Crippen LogP contribution in [0.2, 0.25) is 0 Å². The van der Waals surface area contributed by atoms with Gasteiger partial charge in [-0.25, -0.2) is 0 Å². The van der Waals surface area contributed by atoms with Crippen molar-refractivity contribution in [1.82, 2.24) is 15.0 Å². The number of piperidine rings is 1.